The Kier molecular flexibility index (Phi) is 9.06. The van der Waals surface area contributed by atoms with Crippen LogP contribution in [0.2, 0.25) is 0 Å². The molecule has 1 atom stereocenters. The summed E-state index contributed by atoms with van der Waals surface area (Å²) in [7, 11) is -4.01. The molecule has 0 saturated heterocycles. The first-order valence-corrected chi connectivity index (χ1v) is 13.3. The summed E-state index contributed by atoms with van der Waals surface area (Å²) in [5, 5.41) is 8.72. The molecule has 1 aliphatic rings. The van der Waals surface area contributed by atoms with Crippen LogP contribution in [0.15, 0.2) is 65.8 Å². The molecule has 9 heteroatoms. The molecule has 0 radical (unpaired) electrons. The zero-order valence-corrected chi connectivity index (χ0v) is 21.3. The van der Waals surface area contributed by atoms with E-state index in [2.05, 4.69) is 29.8 Å². The van der Waals surface area contributed by atoms with Gasteiger partial charge in [-0.25, -0.2) is 8.42 Å². The SMILES string of the molecule is Cc1ccc(S(=O)(=O)N2C=CNC(=O)[C@H]2CC(=O)Nc2cccc(CCCNCC(C)C)c2)cc1. The molecule has 2 aromatic carbocycles. The smallest absolute Gasteiger partial charge is 0.264 e. The van der Waals surface area contributed by atoms with Gasteiger partial charge >= 0.3 is 0 Å². The van der Waals surface area contributed by atoms with Gasteiger partial charge in [0.2, 0.25) is 11.8 Å². The van der Waals surface area contributed by atoms with Gasteiger partial charge < -0.3 is 16.0 Å². The molecule has 0 bridgehead atoms. The Morgan fingerprint density at radius 1 is 1.14 bits per heavy atom. The van der Waals surface area contributed by atoms with E-state index in [9.17, 15) is 18.0 Å². The summed E-state index contributed by atoms with van der Waals surface area (Å²) in [6, 6.07) is 12.7. The maximum absolute atomic E-state index is 13.2. The summed E-state index contributed by atoms with van der Waals surface area (Å²) >= 11 is 0. The number of nitrogens with one attached hydrogen (secondary N) is 3. The van der Waals surface area contributed by atoms with Crippen molar-refractivity contribution in [1.29, 1.82) is 0 Å². The summed E-state index contributed by atoms with van der Waals surface area (Å²) in [4.78, 5) is 25.4. The highest BCUT2D eigenvalue weighted by atomic mass is 32.2. The molecule has 2 amide bonds. The number of aryl methyl sites for hydroxylation is 2. The maximum atomic E-state index is 13.2. The first-order valence-electron chi connectivity index (χ1n) is 11.8. The molecule has 1 aliphatic heterocycles. The van der Waals surface area contributed by atoms with E-state index in [4.69, 9.17) is 0 Å². The largest absolute Gasteiger partial charge is 0.329 e. The molecule has 0 fully saturated rings. The number of hydrogen-bond donors (Lipinski definition) is 3. The third kappa shape index (κ3) is 7.40. The Balaban J connectivity index is 1.64. The van der Waals surface area contributed by atoms with E-state index in [0.717, 1.165) is 41.4 Å². The van der Waals surface area contributed by atoms with Crippen LogP contribution in [0, 0.1) is 12.8 Å². The zero-order chi connectivity index (χ0) is 25.4. The monoisotopic (exact) mass is 498 g/mol. The topological polar surface area (TPSA) is 108 Å². The molecule has 0 aromatic heterocycles. The molecule has 3 rings (SSSR count). The van der Waals surface area contributed by atoms with Gasteiger partial charge in [0.05, 0.1) is 11.3 Å². The summed E-state index contributed by atoms with van der Waals surface area (Å²) in [6.45, 7) is 8.10. The van der Waals surface area contributed by atoms with Crippen molar-refractivity contribution >= 4 is 27.5 Å². The minimum atomic E-state index is -4.01. The van der Waals surface area contributed by atoms with Gasteiger partial charge in [0.15, 0.2) is 0 Å². The van der Waals surface area contributed by atoms with Gasteiger partial charge in [0, 0.05) is 18.1 Å². The Bertz CT molecular complexity index is 1160. The van der Waals surface area contributed by atoms with Crippen molar-refractivity contribution in [3.8, 4) is 0 Å². The highest BCUT2D eigenvalue weighted by Crippen LogP contribution is 2.23. The normalized spacial score (nSPS) is 15.8. The van der Waals surface area contributed by atoms with Gasteiger partial charge in [-0.3, -0.25) is 13.9 Å². The van der Waals surface area contributed by atoms with Crippen molar-refractivity contribution in [2.75, 3.05) is 18.4 Å². The van der Waals surface area contributed by atoms with Crippen molar-refractivity contribution in [3.05, 3.63) is 72.1 Å². The number of nitrogens with zero attached hydrogens (tertiary/aromatic N) is 1. The molecule has 0 aliphatic carbocycles. The van der Waals surface area contributed by atoms with Gasteiger partial charge in [-0.2, -0.15) is 0 Å². The predicted molar refractivity (Wildman–Crippen MR) is 137 cm³/mol. The van der Waals surface area contributed by atoms with Crippen LogP contribution in [0.5, 0.6) is 0 Å². The van der Waals surface area contributed by atoms with Crippen molar-refractivity contribution in [2.45, 2.75) is 51.0 Å². The van der Waals surface area contributed by atoms with Crippen LogP contribution in [0.1, 0.15) is 37.8 Å². The van der Waals surface area contributed by atoms with Crippen LogP contribution in [0.4, 0.5) is 5.69 Å². The number of benzene rings is 2. The van der Waals surface area contributed by atoms with Gasteiger partial charge in [-0.05, 0) is 68.6 Å². The molecular weight excluding hydrogens is 464 g/mol. The molecular formula is C26H34N4O4S. The number of anilines is 1. The van der Waals surface area contributed by atoms with Crippen molar-refractivity contribution in [1.82, 2.24) is 14.9 Å². The van der Waals surface area contributed by atoms with Gasteiger partial charge in [0.25, 0.3) is 10.0 Å². The van der Waals surface area contributed by atoms with E-state index in [1.807, 2.05) is 25.1 Å². The molecule has 35 heavy (non-hydrogen) atoms. The highest BCUT2D eigenvalue weighted by Gasteiger charge is 2.36. The van der Waals surface area contributed by atoms with E-state index in [1.54, 1.807) is 18.2 Å². The number of hydrogen-bond acceptors (Lipinski definition) is 5. The van der Waals surface area contributed by atoms with E-state index < -0.39 is 27.9 Å². The fourth-order valence-electron chi connectivity index (χ4n) is 3.77. The lowest BCUT2D eigenvalue weighted by Crippen LogP contribution is -2.50. The van der Waals surface area contributed by atoms with E-state index in [-0.39, 0.29) is 11.3 Å². The molecule has 0 spiro atoms. The number of amides is 2. The summed E-state index contributed by atoms with van der Waals surface area (Å²) < 4.78 is 27.3. The second kappa shape index (κ2) is 12.0. The summed E-state index contributed by atoms with van der Waals surface area (Å²) in [5.74, 6) is -0.389. The van der Waals surface area contributed by atoms with Crippen LogP contribution in [0.3, 0.4) is 0 Å². The molecule has 0 saturated carbocycles. The van der Waals surface area contributed by atoms with Crippen molar-refractivity contribution in [3.63, 3.8) is 0 Å². The molecule has 8 nitrogen and oxygen atoms in total. The maximum Gasteiger partial charge on any atom is 0.264 e. The third-order valence-corrected chi connectivity index (χ3v) is 7.41. The lowest BCUT2D eigenvalue weighted by atomic mass is 10.1. The average molecular weight is 499 g/mol. The second-order valence-corrected chi connectivity index (χ2v) is 11.0. The van der Waals surface area contributed by atoms with Gasteiger partial charge in [-0.1, -0.05) is 43.7 Å². The van der Waals surface area contributed by atoms with E-state index in [0.29, 0.717) is 11.6 Å². The quantitative estimate of drug-likeness (QED) is 0.413. The van der Waals surface area contributed by atoms with Crippen LogP contribution in [-0.2, 0) is 26.0 Å². The lowest BCUT2D eigenvalue weighted by Gasteiger charge is -2.31. The minimum absolute atomic E-state index is 0.0587. The second-order valence-electron chi connectivity index (χ2n) is 9.14. The molecule has 2 aromatic rings. The first kappa shape index (κ1) is 26.4. The van der Waals surface area contributed by atoms with Crippen LogP contribution in [0.25, 0.3) is 0 Å². The fourth-order valence-corrected chi connectivity index (χ4v) is 5.22. The first-order chi connectivity index (χ1) is 16.7. The zero-order valence-electron chi connectivity index (χ0n) is 20.5. The Labute approximate surface area is 207 Å². The Hall–Kier alpha value is -3.17. The summed E-state index contributed by atoms with van der Waals surface area (Å²) in [5.41, 5.74) is 2.62. The molecule has 0 unspecified atom stereocenters. The third-order valence-electron chi connectivity index (χ3n) is 5.61. The summed E-state index contributed by atoms with van der Waals surface area (Å²) in [6.07, 6.45) is 4.08. The van der Waals surface area contributed by atoms with Crippen LogP contribution >= 0.6 is 0 Å². The number of sulfonamides is 1. The van der Waals surface area contributed by atoms with Crippen molar-refractivity contribution in [2.24, 2.45) is 5.92 Å². The number of carbonyl (C=O) groups excluding carboxylic acids is 2. The molecule has 3 N–H and O–H groups in total. The highest BCUT2D eigenvalue weighted by molar-refractivity contribution is 7.89. The lowest BCUT2D eigenvalue weighted by molar-refractivity contribution is -0.127. The predicted octanol–water partition coefficient (Wildman–Crippen LogP) is 3.16. The van der Waals surface area contributed by atoms with Gasteiger partial charge in [-0.15, -0.1) is 0 Å². The Morgan fingerprint density at radius 2 is 1.89 bits per heavy atom. The number of carbonyl (C=O) groups is 2. The van der Waals surface area contributed by atoms with E-state index in [1.165, 1.54) is 24.5 Å². The Morgan fingerprint density at radius 3 is 2.60 bits per heavy atom. The molecule has 1 heterocycles. The average Bonchev–Trinajstić information content (AvgIpc) is 2.80. The van der Waals surface area contributed by atoms with E-state index >= 15 is 0 Å². The minimum Gasteiger partial charge on any atom is -0.329 e. The standard InChI is InChI=1S/C26H34N4O4S/c1-19(2)18-27-13-5-7-21-6-4-8-22(16-21)29-25(31)17-24-26(32)28-14-15-30(24)35(33,34)23-11-9-20(3)10-12-23/h4,6,8-12,14-16,19,24,27H,5,7,13,17-18H2,1-3H3,(H,28,32)(H,29,31)/t24-/m1/s1. The number of rotatable bonds is 11. The van der Waals surface area contributed by atoms with Gasteiger partial charge in [0.1, 0.15) is 6.04 Å². The van der Waals surface area contributed by atoms with Crippen LogP contribution in [-0.4, -0.2) is 43.7 Å². The van der Waals surface area contributed by atoms with Crippen LogP contribution < -0.4 is 16.0 Å². The molecule has 188 valence electrons. The van der Waals surface area contributed by atoms with Crippen molar-refractivity contribution < 1.29 is 18.0 Å². The fraction of sp³-hybridized carbons (Fsp3) is 0.385.